The third-order valence-corrected chi connectivity index (χ3v) is 4.31. The zero-order valence-electron chi connectivity index (χ0n) is 11.0. The molecule has 0 saturated carbocycles. The molecule has 0 aliphatic carbocycles. The number of aryl methyl sites for hydroxylation is 1. The van der Waals surface area contributed by atoms with Gasteiger partial charge < -0.3 is 9.64 Å². The van der Waals surface area contributed by atoms with Crippen LogP contribution in [0.1, 0.15) is 24.6 Å². The van der Waals surface area contributed by atoms with Crippen LogP contribution < -0.4 is 0 Å². The molecule has 100 valence electrons. The Hall–Kier alpha value is -0.940. The highest BCUT2D eigenvalue weighted by Crippen LogP contribution is 2.30. The first kappa shape index (κ1) is 13.5. The molecule has 1 unspecified atom stereocenters. The summed E-state index contributed by atoms with van der Waals surface area (Å²) in [4.78, 5) is 19.3. The molecule has 5 heteroatoms. The second-order valence-corrected chi connectivity index (χ2v) is 6.25. The third kappa shape index (κ3) is 3.29. The molecule has 1 saturated heterocycles. The molecule has 0 bridgehead atoms. The van der Waals surface area contributed by atoms with E-state index in [0.29, 0.717) is 6.42 Å². The van der Waals surface area contributed by atoms with Crippen molar-refractivity contribution in [3.63, 3.8) is 0 Å². The van der Waals surface area contributed by atoms with Crippen LogP contribution in [0.3, 0.4) is 0 Å². The number of likely N-dealkylation sites (tertiary alicyclic amines) is 1. The standard InChI is InChI=1S/C13H20N2O2S/c1-13(9-17-2)5-6-15(8-13)12(16)4-3-11-7-14-10-18-11/h7,10H,3-6,8-9H2,1-2H3. The Morgan fingerprint density at radius 2 is 2.50 bits per heavy atom. The maximum atomic E-state index is 12.1. The van der Waals surface area contributed by atoms with Crippen LogP contribution in [0.15, 0.2) is 11.7 Å². The topological polar surface area (TPSA) is 42.4 Å². The van der Waals surface area contributed by atoms with E-state index in [1.165, 1.54) is 4.88 Å². The average Bonchev–Trinajstić information content (AvgIpc) is 2.96. The molecule has 0 aromatic carbocycles. The lowest BCUT2D eigenvalue weighted by molar-refractivity contribution is -0.130. The van der Waals surface area contributed by atoms with E-state index in [1.54, 1.807) is 18.4 Å². The second-order valence-electron chi connectivity index (χ2n) is 5.28. The Kier molecular flexibility index (Phi) is 4.35. The summed E-state index contributed by atoms with van der Waals surface area (Å²) in [7, 11) is 1.72. The van der Waals surface area contributed by atoms with Gasteiger partial charge in [-0.15, -0.1) is 11.3 Å². The lowest BCUT2D eigenvalue weighted by atomic mass is 9.91. The van der Waals surface area contributed by atoms with Gasteiger partial charge in [0.05, 0.1) is 12.1 Å². The summed E-state index contributed by atoms with van der Waals surface area (Å²) in [6, 6.07) is 0. The van der Waals surface area contributed by atoms with Crippen LogP contribution in [0.2, 0.25) is 0 Å². The maximum Gasteiger partial charge on any atom is 0.222 e. The summed E-state index contributed by atoms with van der Waals surface area (Å²) in [5.74, 6) is 0.253. The van der Waals surface area contributed by atoms with Crippen molar-refractivity contribution < 1.29 is 9.53 Å². The Morgan fingerprint density at radius 3 is 3.17 bits per heavy atom. The van der Waals surface area contributed by atoms with Crippen LogP contribution in [-0.4, -0.2) is 42.6 Å². The van der Waals surface area contributed by atoms with Gasteiger partial charge in [-0.3, -0.25) is 9.78 Å². The highest BCUT2D eigenvalue weighted by molar-refractivity contribution is 7.09. The van der Waals surface area contributed by atoms with Crippen LogP contribution in [-0.2, 0) is 16.0 Å². The Labute approximate surface area is 112 Å². The van der Waals surface area contributed by atoms with E-state index < -0.39 is 0 Å². The first-order valence-electron chi connectivity index (χ1n) is 6.27. The number of carbonyl (C=O) groups excluding carboxylic acids is 1. The summed E-state index contributed by atoms with van der Waals surface area (Å²) in [5, 5.41) is 0. The molecular weight excluding hydrogens is 248 g/mol. The van der Waals surface area contributed by atoms with Crippen LogP contribution in [0.5, 0.6) is 0 Å². The lowest BCUT2D eigenvalue weighted by Crippen LogP contribution is -2.32. The maximum absolute atomic E-state index is 12.1. The number of ether oxygens (including phenoxy) is 1. The Bertz CT molecular complexity index is 394. The van der Waals surface area contributed by atoms with Gasteiger partial charge in [-0.1, -0.05) is 6.92 Å². The fourth-order valence-corrected chi connectivity index (χ4v) is 3.06. The normalized spacial score (nSPS) is 23.6. The Balaban J connectivity index is 1.80. The van der Waals surface area contributed by atoms with E-state index >= 15 is 0 Å². The molecule has 0 radical (unpaired) electrons. The zero-order valence-corrected chi connectivity index (χ0v) is 11.8. The molecule has 1 aromatic heterocycles. The Morgan fingerprint density at radius 1 is 1.67 bits per heavy atom. The number of nitrogens with zero attached hydrogens (tertiary/aromatic N) is 2. The molecule has 2 heterocycles. The number of carbonyl (C=O) groups is 1. The molecule has 2 rings (SSSR count). The van der Waals surface area contributed by atoms with Crippen LogP contribution in [0.25, 0.3) is 0 Å². The van der Waals surface area contributed by atoms with E-state index in [0.717, 1.165) is 32.5 Å². The van der Waals surface area contributed by atoms with Crippen molar-refractivity contribution in [3.05, 3.63) is 16.6 Å². The molecule has 4 nitrogen and oxygen atoms in total. The van der Waals surface area contributed by atoms with Gasteiger partial charge in [0.15, 0.2) is 0 Å². The molecule has 0 spiro atoms. The molecule has 1 amide bonds. The average molecular weight is 268 g/mol. The molecule has 1 aliphatic rings. The van der Waals surface area contributed by atoms with E-state index in [-0.39, 0.29) is 11.3 Å². The number of thiazole rings is 1. The van der Waals surface area contributed by atoms with E-state index in [2.05, 4.69) is 11.9 Å². The van der Waals surface area contributed by atoms with Crippen molar-refractivity contribution >= 4 is 17.2 Å². The minimum absolute atomic E-state index is 0.134. The number of hydrogen-bond acceptors (Lipinski definition) is 4. The highest BCUT2D eigenvalue weighted by Gasteiger charge is 2.35. The highest BCUT2D eigenvalue weighted by atomic mass is 32.1. The molecule has 1 aromatic rings. The predicted molar refractivity (Wildman–Crippen MR) is 71.6 cm³/mol. The smallest absolute Gasteiger partial charge is 0.222 e. The first-order chi connectivity index (χ1) is 8.63. The summed E-state index contributed by atoms with van der Waals surface area (Å²) in [5.41, 5.74) is 1.94. The van der Waals surface area contributed by atoms with Crippen LogP contribution in [0, 0.1) is 5.41 Å². The molecule has 0 N–H and O–H groups in total. The largest absolute Gasteiger partial charge is 0.384 e. The number of rotatable bonds is 5. The fraction of sp³-hybridized carbons (Fsp3) is 0.692. The number of methoxy groups -OCH3 is 1. The van der Waals surface area contributed by atoms with E-state index in [9.17, 15) is 4.79 Å². The summed E-state index contributed by atoms with van der Waals surface area (Å²) in [6.07, 6.45) is 4.27. The van der Waals surface area contributed by atoms with Gasteiger partial charge in [0.25, 0.3) is 0 Å². The number of amides is 1. The molecule has 1 atom stereocenters. The van der Waals surface area contributed by atoms with Crippen molar-refractivity contribution in [1.82, 2.24) is 9.88 Å². The monoisotopic (exact) mass is 268 g/mol. The second kappa shape index (κ2) is 5.80. The third-order valence-electron chi connectivity index (χ3n) is 3.47. The quantitative estimate of drug-likeness (QED) is 0.820. The summed E-state index contributed by atoms with van der Waals surface area (Å²) < 4.78 is 5.23. The van der Waals surface area contributed by atoms with Crippen molar-refractivity contribution in [1.29, 1.82) is 0 Å². The van der Waals surface area contributed by atoms with Gasteiger partial charge >= 0.3 is 0 Å². The SMILES string of the molecule is COCC1(C)CCN(C(=O)CCc2cncs2)C1. The zero-order chi connectivity index (χ0) is 13.0. The number of aromatic nitrogens is 1. The van der Waals surface area contributed by atoms with Gasteiger partial charge in [-0.05, 0) is 12.8 Å². The van der Waals surface area contributed by atoms with Crippen molar-refractivity contribution in [2.24, 2.45) is 5.41 Å². The van der Waals surface area contributed by atoms with Gasteiger partial charge in [0.2, 0.25) is 5.91 Å². The van der Waals surface area contributed by atoms with Gasteiger partial charge in [0.1, 0.15) is 0 Å². The van der Waals surface area contributed by atoms with Gasteiger partial charge in [-0.2, -0.15) is 0 Å². The van der Waals surface area contributed by atoms with Crippen molar-refractivity contribution in [2.75, 3.05) is 26.8 Å². The minimum Gasteiger partial charge on any atom is -0.384 e. The van der Waals surface area contributed by atoms with Gasteiger partial charge in [-0.25, -0.2) is 0 Å². The lowest BCUT2D eigenvalue weighted by Gasteiger charge is -2.23. The van der Waals surface area contributed by atoms with E-state index in [4.69, 9.17) is 4.74 Å². The predicted octanol–water partition coefficient (Wildman–Crippen LogP) is 1.96. The molecular formula is C13H20N2O2S. The minimum atomic E-state index is 0.134. The van der Waals surface area contributed by atoms with E-state index in [1.807, 2.05) is 16.6 Å². The first-order valence-corrected chi connectivity index (χ1v) is 7.15. The van der Waals surface area contributed by atoms with Crippen LogP contribution in [0.4, 0.5) is 0 Å². The fourth-order valence-electron chi connectivity index (χ4n) is 2.46. The van der Waals surface area contributed by atoms with Gasteiger partial charge in [0, 0.05) is 43.1 Å². The van der Waals surface area contributed by atoms with Crippen molar-refractivity contribution in [3.8, 4) is 0 Å². The summed E-state index contributed by atoms with van der Waals surface area (Å²) in [6.45, 7) is 4.60. The molecule has 1 fully saturated rings. The van der Waals surface area contributed by atoms with Crippen LogP contribution >= 0.6 is 11.3 Å². The van der Waals surface area contributed by atoms with Crippen molar-refractivity contribution in [2.45, 2.75) is 26.2 Å². The molecule has 1 aliphatic heterocycles. The molecule has 18 heavy (non-hydrogen) atoms. The summed E-state index contributed by atoms with van der Waals surface area (Å²) >= 11 is 1.61. The number of hydrogen-bond donors (Lipinski definition) is 0.